The summed E-state index contributed by atoms with van der Waals surface area (Å²) in [4.78, 5) is 43.8. The van der Waals surface area contributed by atoms with Crippen molar-refractivity contribution in [3.8, 4) is 16.9 Å². The third kappa shape index (κ3) is 4.96. The lowest BCUT2D eigenvalue weighted by molar-refractivity contribution is -0.122. The van der Waals surface area contributed by atoms with Gasteiger partial charge >= 0.3 is 0 Å². The molecule has 36 heavy (non-hydrogen) atoms. The van der Waals surface area contributed by atoms with E-state index in [-0.39, 0.29) is 30.1 Å². The van der Waals surface area contributed by atoms with E-state index < -0.39 is 0 Å². The Hall–Kier alpha value is -4.50. The Bertz CT molecular complexity index is 1440. The highest BCUT2D eigenvalue weighted by Gasteiger charge is 2.34. The lowest BCUT2D eigenvalue weighted by Crippen LogP contribution is -2.37. The highest BCUT2D eigenvalue weighted by atomic mass is 32.2. The topological polar surface area (TPSA) is 97.2 Å². The molecule has 178 valence electrons. The van der Waals surface area contributed by atoms with Crippen LogP contribution in [0.5, 0.6) is 0 Å². The third-order valence-electron chi connectivity index (χ3n) is 5.49. The maximum Gasteiger partial charge on any atom is 0.293 e. The Morgan fingerprint density at radius 1 is 0.972 bits per heavy atom. The Balaban J connectivity index is 1.30. The van der Waals surface area contributed by atoms with Gasteiger partial charge in [-0.1, -0.05) is 54.6 Å². The molecule has 5 rings (SSSR count). The quantitative estimate of drug-likeness (QED) is 0.382. The van der Waals surface area contributed by atoms with E-state index in [4.69, 9.17) is 0 Å². The molecule has 0 aliphatic carbocycles. The maximum atomic E-state index is 13.1. The van der Waals surface area contributed by atoms with E-state index in [1.165, 1.54) is 0 Å². The zero-order chi connectivity index (χ0) is 24.9. The number of nitrogens with zero attached hydrogens (tertiary/aromatic N) is 4. The molecule has 0 radical (unpaired) electrons. The Kier molecular flexibility index (Phi) is 6.72. The molecule has 2 aromatic carbocycles. The van der Waals surface area contributed by atoms with Gasteiger partial charge in [0.05, 0.1) is 16.3 Å². The normalized spacial score (nSPS) is 14.4. The van der Waals surface area contributed by atoms with Crippen molar-refractivity contribution in [1.82, 2.24) is 25.0 Å². The number of thioether (sulfide) groups is 1. The number of imide groups is 1. The zero-order valence-corrected chi connectivity index (χ0v) is 19.9. The number of amides is 3. The van der Waals surface area contributed by atoms with Crippen molar-refractivity contribution < 1.29 is 14.4 Å². The molecule has 1 aliphatic rings. The van der Waals surface area contributed by atoms with E-state index in [0.717, 1.165) is 33.5 Å². The molecule has 1 saturated heterocycles. The summed E-state index contributed by atoms with van der Waals surface area (Å²) >= 11 is 0.876. The third-order valence-corrected chi connectivity index (χ3v) is 6.40. The summed E-state index contributed by atoms with van der Waals surface area (Å²) < 4.78 is 1.59. The van der Waals surface area contributed by atoms with Gasteiger partial charge in [-0.15, -0.1) is 0 Å². The Morgan fingerprint density at radius 3 is 2.44 bits per heavy atom. The average Bonchev–Trinajstić information content (AvgIpc) is 3.48. The number of para-hydroxylation sites is 1. The summed E-state index contributed by atoms with van der Waals surface area (Å²) in [5.74, 6) is -0.741. The van der Waals surface area contributed by atoms with Gasteiger partial charge in [-0.25, -0.2) is 4.68 Å². The van der Waals surface area contributed by atoms with Crippen LogP contribution in [-0.2, 0) is 4.79 Å². The summed E-state index contributed by atoms with van der Waals surface area (Å²) in [7, 11) is 0. The molecule has 0 bridgehead atoms. The lowest BCUT2D eigenvalue weighted by Gasteiger charge is -2.13. The molecule has 0 atom stereocenters. The smallest absolute Gasteiger partial charge is 0.293 e. The molecular formula is C27H21N5O3S. The summed E-state index contributed by atoms with van der Waals surface area (Å²) in [6, 6.07) is 24.3. The predicted molar refractivity (Wildman–Crippen MR) is 138 cm³/mol. The average molecular weight is 496 g/mol. The number of benzene rings is 2. The van der Waals surface area contributed by atoms with Crippen molar-refractivity contribution in [1.29, 1.82) is 0 Å². The Morgan fingerprint density at radius 2 is 1.72 bits per heavy atom. The number of hydrogen-bond donors (Lipinski definition) is 1. The van der Waals surface area contributed by atoms with E-state index in [9.17, 15) is 14.4 Å². The largest absolute Gasteiger partial charge is 0.349 e. The maximum absolute atomic E-state index is 13.1. The van der Waals surface area contributed by atoms with Crippen molar-refractivity contribution >= 4 is 34.9 Å². The summed E-state index contributed by atoms with van der Waals surface area (Å²) in [6.45, 7) is 0.170. The van der Waals surface area contributed by atoms with Crippen LogP contribution in [0.3, 0.4) is 0 Å². The molecule has 8 nitrogen and oxygen atoms in total. The van der Waals surface area contributed by atoms with Crippen molar-refractivity contribution in [2.75, 3.05) is 13.1 Å². The van der Waals surface area contributed by atoms with Gasteiger partial charge in [0.1, 0.15) is 5.69 Å². The number of hydrogen-bond acceptors (Lipinski definition) is 6. The van der Waals surface area contributed by atoms with E-state index in [2.05, 4.69) is 15.4 Å². The highest BCUT2D eigenvalue weighted by Crippen LogP contribution is 2.31. The van der Waals surface area contributed by atoms with Crippen LogP contribution in [0.15, 0.2) is 96.2 Å². The van der Waals surface area contributed by atoms with Gasteiger partial charge in [0.15, 0.2) is 0 Å². The number of rotatable bonds is 7. The van der Waals surface area contributed by atoms with Crippen molar-refractivity contribution in [2.45, 2.75) is 0 Å². The molecule has 0 spiro atoms. The Labute approximate surface area is 211 Å². The summed E-state index contributed by atoms with van der Waals surface area (Å²) in [5, 5.41) is 7.10. The summed E-state index contributed by atoms with van der Waals surface area (Å²) in [6.07, 6.45) is 4.89. The number of pyridine rings is 1. The molecule has 0 unspecified atom stereocenters. The molecule has 1 aliphatic heterocycles. The number of nitrogens with one attached hydrogen (secondary N) is 1. The van der Waals surface area contributed by atoms with Crippen LogP contribution in [0.4, 0.5) is 4.79 Å². The van der Waals surface area contributed by atoms with E-state index in [0.29, 0.717) is 16.3 Å². The van der Waals surface area contributed by atoms with Crippen LogP contribution in [-0.4, -0.2) is 49.8 Å². The molecule has 4 aromatic rings. The fraction of sp³-hybridized carbons (Fsp3) is 0.0741. The van der Waals surface area contributed by atoms with Gasteiger partial charge < -0.3 is 5.32 Å². The fourth-order valence-electron chi connectivity index (χ4n) is 3.74. The first kappa shape index (κ1) is 23.3. The van der Waals surface area contributed by atoms with E-state index in [1.54, 1.807) is 41.4 Å². The molecule has 1 fully saturated rings. The monoisotopic (exact) mass is 495 g/mol. The minimum Gasteiger partial charge on any atom is -0.349 e. The first-order valence-electron chi connectivity index (χ1n) is 11.2. The van der Waals surface area contributed by atoms with Gasteiger partial charge in [0.25, 0.3) is 17.1 Å². The van der Waals surface area contributed by atoms with Gasteiger partial charge in [-0.3, -0.25) is 24.3 Å². The predicted octanol–water partition coefficient (Wildman–Crippen LogP) is 4.40. The van der Waals surface area contributed by atoms with Gasteiger partial charge in [0.2, 0.25) is 0 Å². The van der Waals surface area contributed by atoms with Crippen LogP contribution in [0, 0.1) is 0 Å². The summed E-state index contributed by atoms with van der Waals surface area (Å²) in [5.41, 5.74) is 3.39. The number of aromatic nitrogens is 3. The molecule has 3 amide bonds. The van der Waals surface area contributed by atoms with Gasteiger partial charge in [-0.05, 0) is 47.7 Å². The molecule has 1 N–H and O–H groups in total. The molecule has 9 heteroatoms. The van der Waals surface area contributed by atoms with Crippen molar-refractivity contribution in [3.63, 3.8) is 0 Å². The minimum atomic E-state index is -0.385. The molecular weight excluding hydrogens is 474 g/mol. The lowest BCUT2D eigenvalue weighted by atomic mass is 10.1. The first-order valence-corrected chi connectivity index (χ1v) is 12.1. The number of carbonyl (C=O) groups excluding carboxylic acids is 3. The van der Waals surface area contributed by atoms with E-state index in [1.807, 2.05) is 60.7 Å². The second kappa shape index (κ2) is 10.4. The van der Waals surface area contributed by atoms with Crippen LogP contribution < -0.4 is 5.32 Å². The number of carbonyl (C=O) groups is 3. The second-order valence-electron chi connectivity index (χ2n) is 7.90. The SMILES string of the molecule is O=C(NCCN1C(=O)S/C(=C\c2cccnc2)C1=O)c1cc(-c2ccccc2)nn1-c1ccccc1. The van der Waals surface area contributed by atoms with Crippen LogP contribution in [0.1, 0.15) is 16.1 Å². The van der Waals surface area contributed by atoms with Crippen LogP contribution in [0.2, 0.25) is 0 Å². The van der Waals surface area contributed by atoms with Crippen molar-refractivity contribution in [2.24, 2.45) is 0 Å². The first-order chi connectivity index (χ1) is 17.6. The van der Waals surface area contributed by atoms with Gasteiger partial charge in [-0.2, -0.15) is 5.10 Å². The molecule has 0 saturated carbocycles. The van der Waals surface area contributed by atoms with Crippen LogP contribution in [0.25, 0.3) is 23.0 Å². The van der Waals surface area contributed by atoms with E-state index >= 15 is 0 Å². The zero-order valence-electron chi connectivity index (χ0n) is 19.1. The second-order valence-corrected chi connectivity index (χ2v) is 8.90. The van der Waals surface area contributed by atoms with Crippen molar-refractivity contribution in [3.05, 3.63) is 107 Å². The molecule has 3 heterocycles. The van der Waals surface area contributed by atoms with Crippen LogP contribution >= 0.6 is 11.8 Å². The fourth-order valence-corrected chi connectivity index (χ4v) is 4.60. The molecule has 2 aromatic heterocycles. The highest BCUT2D eigenvalue weighted by molar-refractivity contribution is 8.18. The van der Waals surface area contributed by atoms with Gasteiger partial charge in [0, 0.05) is 31.0 Å². The minimum absolute atomic E-state index is 0.0613. The standard InChI is InChI=1S/C27H21N5O3S/c33-25(29-14-15-31-26(34)24(36-27(31)35)16-19-8-7-13-28-18-19)23-17-22(20-9-3-1-4-10-20)30-32(23)21-11-5-2-6-12-21/h1-13,16-18H,14-15H2,(H,29,33)/b24-16-.